The second-order valence-corrected chi connectivity index (χ2v) is 10.6. The first-order valence-corrected chi connectivity index (χ1v) is 13.7. The van der Waals surface area contributed by atoms with Crippen molar-refractivity contribution in [3.05, 3.63) is 86.7 Å². The number of fused-ring (bicyclic) bond motifs is 1. The Morgan fingerprint density at radius 3 is 2.27 bits per heavy atom. The highest BCUT2D eigenvalue weighted by atomic mass is 16.6. The van der Waals surface area contributed by atoms with E-state index in [1.807, 2.05) is 31.2 Å². The number of carbonyl (C=O) groups is 2. The Morgan fingerprint density at radius 2 is 1.62 bits per heavy atom. The molecule has 9 heteroatoms. The average Bonchev–Trinajstić information content (AvgIpc) is 2.96. The minimum absolute atomic E-state index is 0.0244. The van der Waals surface area contributed by atoms with Gasteiger partial charge in [0.15, 0.2) is 11.5 Å². The van der Waals surface area contributed by atoms with Crippen LogP contribution in [0.5, 0.6) is 11.5 Å². The normalized spacial score (nSPS) is 23.0. The van der Waals surface area contributed by atoms with Gasteiger partial charge in [-0.05, 0) is 55.9 Å². The molecule has 0 saturated heterocycles. The molecule has 0 spiro atoms. The fraction of sp³-hybridized carbons (Fsp3) is 0.419. The molecule has 3 unspecified atom stereocenters. The minimum Gasteiger partial charge on any atom is -0.493 e. The molecule has 1 N–H and O–H groups in total. The number of methoxy groups -OCH3 is 2. The molecule has 3 aliphatic rings. The standard InChI is InChI=1S/C31H34N2O7/c1-18-28(31(35)40-23-7-5-4-6-8-23)29(19-9-12-22(13-10-19)33(36)37)30-24(32-18)15-21(16-25(30)34)20-11-14-26(38-2)27(17-20)39-3/h9-15,17,21,23,29-30,32H,4-8,16H2,1-3H3. The van der Waals surface area contributed by atoms with Crippen LogP contribution in [0.15, 0.2) is 65.5 Å². The predicted molar refractivity (Wildman–Crippen MR) is 148 cm³/mol. The van der Waals surface area contributed by atoms with E-state index in [1.54, 1.807) is 26.4 Å². The van der Waals surface area contributed by atoms with Crippen LogP contribution in [0.25, 0.3) is 0 Å². The molecular formula is C31H34N2O7. The van der Waals surface area contributed by atoms with Crippen LogP contribution in [0.2, 0.25) is 0 Å². The molecule has 0 bridgehead atoms. The zero-order valence-corrected chi connectivity index (χ0v) is 23.0. The molecule has 2 aromatic rings. The number of allylic oxidation sites excluding steroid dienone is 3. The Balaban J connectivity index is 1.55. The van der Waals surface area contributed by atoms with E-state index in [2.05, 4.69) is 5.32 Å². The number of ether oxygens (including phenoxy) is 3. The van der Waals surface area contributed by atoms with Gasteiger partial charge in [-0.3, -0.25) is 14.9 Å². The van der Waals surface area contributed by atoms with Gasteiger partial charge in [0.2, 0.25) is 0 Å². The van der Waals surface area contributed by atoms with E-state index in [9.17, 15) is 19.7 Å². The van der Waals surface area contributed by atoms with E-state index in [4.69, 9.17) is 14.2 Å². The fourth-order valence-electron chi connectivity index (χ4n) is 6.20. The molecule has 5 rings (SSSR count). The number of rotatable bonds is 7. The SMILES string of the molecule is COc1ccc(C2C=C3NC(C)=C(C(=O)OC4CCCCC4)C(c4ccc([N+](=O)[O-])cc4)C3C(=O)C2)cc1OC. The van der Waals surface area contributed by atoms with E-state index in [1.165, 1.54) is 12.1 Å². The number of nitro groups is 1. The van der Waals surface area contributed by atoms with Crippen molar-refractivity contribution < 1.29 is 28.7 Å². The second-order valence-electron chi connectivity index (χ2n) is 10.6. The summed E-state index contributed by atoms with van der Waals surface area (Å²) >= 11 is 0. The molecular weight excluding hydrogens is 512 g/mol. The van der Waals surface area contributed by atoms with E-state index >= 15 is 0 Å². The largest absolute Gasteiger partial charge is 0.493 e. The average molecular weight is 547 g/mol. The number of esters is 1. The third kappa shape index (κ3) is 5.33. The van der Waals surface area contributed by atoms with Crippen LogP contribution in [-0.2, 0) is 14.3 Å². The van der Waals surface area contributed by atoms with Crippen LogP contribution in [0.1, 0.15) is 68.4 Å². The van der Waals surface area contributed by atoms with Crippen LogP contribution >= 0.6 is 0 Å². The number of nitro benzene ring substituents is 1. The third-order valence-corrected chi connectivity index (χ3v) is 8.21. The lowest BCUT2D eigenvalue weighted by atomic mass is 9.68. The number of ketones is 1. The van der Waals surface area contributed by atoms with Gasteiger partial charge in [0.05, 0.1) is 30.6 Å². The maximum atomic E-state index is 13.9. The van der Waals surface area contributed by atoms with Crippen LogP contribution in [0.4, 0.5) is 5.69 Å². The smallest absolute Gasteiger partial charge is 0.336 e. The summed E-state index contributed by atoms with van der Waals surface area (Å²) in [5.74, 6) is -0.742. The summed E-state index contributed by atoms with van der Waals surface area (Å²) in [6.07, 6.45) is 6.96. The third-order valence-electron chi connectivity index (χ3n) is 8.21. The highest BCUT2D eigenvalue weighted by molar-refractivity contribution is 5.96. The number of Topliss-reactive ketones (excluding diaryl/α,β-unsaturated/α-hetero) is 1. The number of nitrogens with zero attached hydrogens (tertiary/aromatic N) is 1. The zero-order chi connectivity index (χ0) is 28.4. The first-order valence-electron chi connectivity index (χ1n) is 13.7. The van der Waals surface area contributed by atoms with E-state index in [0.717, 1.165) is 37.7 Å². The van der Waals surface area contributed by atoms with E-state index in [-0.39, 0.29) is 29.9 Å². The van der Waals surface area contributed by atoms with Crippen LogP contribution < -0.4 is 14.8 Å². The topological polar surface area (TPSA) is 117 Å². The van der Waals surface area contributed by atoms with Gasteiger partial charge in [-0.2, -0.15) is 0 Å². The molecule has 2 aliphatic carbocycles. The van der Waals surface area contributed by atoms with Crippen LogP contribution in [0.3, 0.4) is 0 Å². The number of hydrogen-bond donors (Lipinski definition) is 1. The minimum atomic E-state index is -0.643. The highest BCUT2D eigenvalue weighted by Gasteiger charge is 2.45. The molecule has 3 atom stereocenters. The first kappa shape index (κ1) is 27.4. The summed E-state index contributed by atoms with van der Waals surface area (Å²) in [6, 6.07) is 11.7. The van der Waals surface area contributed by atoms with Gasteiger partial charge in [0, 0.05) is 41.8 Å². The Kier molecular flexibility index (Phi) is 7.91. The van der Waals surface area contributed by atoms with Crippen molar-refractivity contribution in [2.75, 3.05) is 14.2 Å². The summed E-state index contributed by atoms with van der Waals surface area (Å²) in [4.78, 5) is 38.4. The lowest BCUT2D eigenvalue weighted by Gasteiger charge is -2.40. The maximum absolute atomic E-state index is 13.9. The van der Waals surface area contributed by atoms with Crippen molar-refractivity contribution in [1.29, 1.82) is 0 Å². The summed E-state index contributed by atoms with van der Waals surface area (Å²) in [5.41, 5.74) is 3.26. The van der Waals surface area contributed by atoms with Gasteiger partial charge < -0.3 is 19.5 Å². The van der Waals surface area contributed by atoms with Crippen molar-refractivity contribution >= 4 is 17.4 Å². The zero-order valence-electron chi connectivity index (χ0n) is 23.0. The summed E-state index contributed by atoms with van der Waals surface area (Å²) in [7, 11) is 3.15. The van der Waals surface area contributed by atoms with Gasteiger partial charge in [-0.25, -0.2) is 4.79 Å². The molecule has 1 heterocycles. The molecule has 40 heavy (non-hydrogen) atoms. The van der Waals surface area contributed by atoms with Gasteiger partial charge >= 0.3 is 5.97 Å². The maximum Gasteiger partial charge on any atom is 0.336 e. The molecule has 1 saturated carbocycles. The van der Waals surface area contributed by atoms with Crippen molar-refractivity contribution in [2.24, 2.45) is 5.92 Å². The number of carbonyl (C=O) groups excluding carboxylic acids is 2. The number of benzene rings is 2. The molecule has 210 valence electrons. The van der Waals surface area contributed by atoms with Gasteiger partial charge in [-0.15, -0.1) is 0 Å². The molecule has 9 nitrogen and oxygen atoms in total. The van der Waals surface area contributed by atoms with E-state index in [0.29, 0.717) is 34.0 Å². The number of nitrogens with one attached hydrogen (secondary N) is 1. The molecule has 1 aliphatic heterocycles. The molecule has 1 fully saturated rings. The van der Waals surface area contributed by atoms with Crippen molar-refractivity contribution in [1.82, 2.24) is 5.32 Å². The van der Waals surface area contributed by atoms with Crippen molar-refractivity contribution in [2.45, 2.75) is 63.4 Å². The summed E-state index contributed by atoms with van der Waals surface area (Å²) < 4.78 is 16.8. The van der Waals surface area contributed by atoms with Crippen molar-refractivity contribution in [3.63, 3.8) is 0 Å². The molecule has 0 amide bonds. The lowest BCUT2D eigenvalue weighted by Crippen LogP contribution is -2.42. The quantitative estimate of drug-likeness (QED) is 0.267. The monoisotopic (exact) mass is 546 g/mol. The van der Waals surface area contributed by atoms with Gasteiger partial charge in [-0.1, -0.05) is 30.7 Å². The Hall–Kier alpha value is -4.14. The summed E-state index contributed by atoms with van der Waals surface area (Å²) in [6.45, 7) is 1.82. The molecule has 0 aromatic heterocycles. The Bertz CT molecular complexity index is 1370. The fourth-order valence-corrected chi connectivity index (χ4v) is 6.20. The van der Waals surface area contributed by atoms with E-state index < -0.39 is 22.7 Å². The predicted octanol–water partition coefficient (Wildman–Crippen LogP) is 5.71. The molecule has 0 radical (unpaired) electrons. The number of non-ortho nitro benzene ring substituents is 1. The summed E-state index contributed by atoms with van der Waals surface area (Å²) in [5, 5.41) is 14.7. The number of hydrogen-bond acceptors (Lipinski definition) is 8. The first-order chi connectivity index (χ1) is 19.3. The van der Waals surface area contributed by atoms with Gasteiger partial charge in [0.1, 0.15) is 11.9 Å². The molecule has 2 aromatic carbocycles. The second kappa shape index (κ2) is 11.5. The Labute approximate surface area is 233 Å². The van der Waals surface area contributed by atoms with Crippen molar-refractivity contribution in [3.8, 4) is 11.5 Å². The van der Waals surface area contributed by atoms with Crippen LogP contribution in [0, 0.1) is 16.0 Å². The Morgan fingerprint density at radius 1 is 0.950 bits per heavy atom. The van der Waals surface area contributed by atoms with Gasteiger partial charge in [0.25, 0.3) is 5.69 Å². The van der Waals surface area contributed by atoms with Crippen LogP contribution in [-0.4, -0.2) is 37.0 Å². The lowest BCUT2D eigenvalue weighted by molar-refractivity contribution is -0.384. The highest BCUT2D eigenvalue weighted by Crippen LogP contribution is 2.47.